The van der Waals surface area contributed by atoms with Gasteiger partial charge in [-0.3, -0.25) is 9.59 Å². The second-order valence-corrected chi connectivity index (χ2v) is 7.42. The van der Waals surface area contributed by atoms with Crippen LogP contribution < -0.4 is 4.74 Å². The number of halogens is 1. The minimum Gasteiger partial charge on any atom is -0.503 e. The highest BCUT2D eigenvalue weighted by Gasteiger charge is 2.44. The highest BCUT2D eigenvalue weighted by atomic mass is 35.5. The molecular weight excluding hydrogens is 378 g/mol. The number of aliphatic hydroxyl groups excluding tert-OH is 1. The van der Waals surface area contributed by atoms with Crippen LogP contribution in [0.4, 0.5) is 0 Å². The Kier molecular flexibility index (Phi) is 5.75. The van der Waals surface area contributed by atoms with Crippen LogP contribution in [0.25, 0.3) is 0 Å². The molecule has 0 aromatic heterocycles. The number of hydrogen-bond donors (Lipinski definition) is 1. The van der Waals surface area contributed by atoms with Gasteiger partial charge < -0.3 is 14.7 Å². The van der Waals surface area contributed by atoms with Crippen LogP contribution in [0, 0.1) is 5.92 Å². The summed E-state index contributed by atoms with van der Waals surface area (Å²) in [5.74, 6) is -1.05. The molecule has 3 rings (SSSR count). The molecule has 1 N–H and O–H groups in total. The zero-order chi connectivity index (χ0) is 20.4. The zero-order valence-corrected chi connectivity index (χ0v) is 16.7. The number of ether oxygens (including phenoxy) is 1. The fourth-order valence-corrected chi connectivity index (χ4v) is 3.51. The lowest BCUT2D eigenvalue weighted by Gasteiger charge is -2.28. The molecular formula is C22H22ClNO4. The van der Waals surface area contributed by atoms with Gasteiger partial charge in [-0.05, 0) is 23.8 Å². The van der Waals surface area contributed by atoms with E-state index in [1.807, 2.05) is 18.2 Å². The molecule has 6 heteroatoms. The van der Waals surface area contributed by atoms with E-state index in [4.69, 9.17) is 16.3 Å². The molecule has 0 fully saturated rings. The highest BCUT2D eigenvalue weighted by Crippen LogP contribution is 2.40. The average molecular weight is 400 g/mol. The predicted molar refractivity (Wildman–Crippen MR) is 107 cm³/mol. The van der Waals surface area contributed by atoms with E-state index in [9.17, 15) is 14.7 Å². The third kappa shape index (κ3) is 3.62. The van der Waals surface area contributed by atoms with Crippen LogP contribution in [0.3, 0.4) is 0 Å². The van der Waals surface area contributed by atoms with Gasteiger partial charge in [-0.1, -0.05) is 55.8 Å². The Morgan fingerprint density at radius 3 is 2.43 bits per heavy atom. The van der Waals surface area contributed by atoms with Crippen molar-refractivity contribution < 1.29 is 19.4 Å². The molecule has 1 aliphatic heterocycles. The molecule has 28 heavy (non-hydrogen) atoms. The van der Waals surface area contributed by atoms with Gasteiger partial charge in [-0.15, -0.1) is 0 Å². The lowest BCUT2D eigenvalue weighted by Crippen LogP contribution is -2.31. The first-order valence-electron chi connectivity index (χ1n) is 9.00. The smallest absolute Gasteiger partial charge is 0.290 e. The molecule has 0 saturated heterocycles. The molecule has 5 nitrogen and oxygen atoms in total. The Morgan fingerprint density at radius 1 is 1.18 bits per heavy atom. The molecule has 0 bridgehead atoms. The quantitative estimate of drug-likeness (QED) is 0.778. The summed E-state index contributed by atoms with van der Waals surface area (Å²) in [6.07, 6.45) is 0. The van der Waals surface area contributed by atoms with Gasteiger partial charge in [0, 0.05) is 16.5 Å². The number of amides is 1. The Bertz CT molecular complexity index is 934. The van der Waals surface area contributed by atoms with Crippen molar-refractivity contribution in [3.05, 3.63) is 76.0 Å². The van der Waals surface area contributed by atoms with E-state index in [1.54, 1.807) is 51.3 Å². The van der Waals surface area contributed by atoms with Crippen molar-refractivity contribution in [2.45, 2.75) is 26.4 Å². The van der Waals surface area contributed by atoms with E-state index in [1.165, 1.54) is 4.90 Å². The number of hydrogen-bond acceptors (Lipinski definition) is 4. The van der Waals surface area contributed by atoms with Crippen LogP contribution in [-0.4, -0.2) is 28.8 Å². The molecule has 0 spiro atoms. The van der Waals surface area contributed by atoms with E-state index in [0.717, 1.165) is 5.56 Å². The van der Waals surface area contributed by atoms with Crippen molar-refractivity contribution in [3.8, 4) is 5.75 Å². The van der Waals surface area contributed by atoms with Crippen LogP contribution in [0.1, 0.15) is 31.0 Å². The van der Waals surface area contributed by atoms with Crippen molar-refractivity contribution in [3.63, 3.8) is 0 Å². The fourth-order valence-electron chi connectivity index (χ4n) is 3.39. The Labute approximate surface area is 169 Å². The summed E-state index contributed by atoms with van der Waals surface area (Å²) >= 11 is 6.01. The van der Waals surface area contributed by atoms with Gasteiger partial charge in [0.15, 0.2) is 11.5 Å². The molecule has 1 aliphatic rings. The van der Waals surface area contributed by atoms with Crippen molar-refractivity contribution in [1.29, 1.82) is 0 Å². The summed E-state index contributed by atoms with van der Waals surface area (Å²) in [5.41, 5.74) is 1.61. The van der Waals surface area contributed by atoms with Crippen LogP contribution in [0.5, 0.6) is 5.75 Å². The van der Waals surface area contributed by atoms with E-state index in [0.29, 0.717) is 16.3 Å². The standard InChI is InChI=1S/C22H22ClNO4/c1-13(2)20(25)18-19(14-8-10-16(23)11-9-14)24(22(27)21(18)26)12-15-6-4-5-7-17(15)28-3/h4-11,13,19,26H,12H2,1-3H3. The molecule has 1 heterocycles. The maximum Gasteiger partial charge on any atom is 0.290 e. The largest absolute Gasteiger partial charge is 0.503 e. The highest BCUT2D eigenvalue weighted by molar-refractivity contribution is 6.30. The summed E-state index contributed by atoms with van der Waals surface area (Å²) in [7, 11) is 1.56. The summed E-state index contributed by atoms with van der Waals surface area (Å²) in [6, 6.07) is 13.6. The van der Waals surface area contributed by atoms with Crippen molar-refractivity contribution >= 4 is 23.3 Å². The number of rotatable bonds is 6. The molecule has 2 aromatic carbocycles. The number of Topliss-reactive ketones (excluding diaryl/α,β-unsaturated/α-hetero) is 1. The van der Waals surface area contributed by atoms with Crippen molar-refractivity contribution in [2.75, 3.05) is 7.11 Å². The number of nitrogens with zero attached hydrogens (tertiary/aromatic N) is 1. The van der Waals surface area contributed by atoms with E-state index >= 15 is 0 Å². The maximum absolute atomic E-state index is 12.9. The minimum absolute atomic E-state index is 0.122. The fraction of sp³-hybridized carbons (Fsp3) is 0.273. The molecule has 0 saturated carbocycles. The number of carbonyl (C=O) groups is 2. The van der Waals surface area contributed by atoms with Crippen LogP contribution >= 0.6 is 11.6 Å². The van der Waals surface area contributed by atoms with Crippen LogP contribution in [-0.2, 0) is 16.1 Å². The molecule has 0 radical (unpaired) electrons. The Balaban J connectivity index is 2.09. The lowest BCUT2D eigenvalue weighted by atomic mass is 9.91. The van der Waals surface area contributed by atoms with Gasteiger partial charge in [0.1, 0.15) is 5.75 Å². The van der Waals surface area contributed by atoms with Gasteiger partial charge in [0.2, 0.25) is 0 Å². The molecule has 1 unspecified atom stereocenters. The molecule has 0 aliphatic carbocycles. The first-order valence-corrected chi connectivity index (χ1v) is 9.38. The second-order valence-electron chi connectivity index (χ2n) is 6.98. The second kappa shape index (κ2) is 8.07. The van der Waals surface area contributed by atoms with Gasteiger partial charge in [0.25, 0.3) is 5.91 Å². The number of carbonyl (C=O) groups excluding carboxylic acids is 2. The maximum atomic E-state index is 12.9. The first-order chi connectivity index (χ1) is 13.3. The molecule has 1 atom stereocenters. The summed E-state index contributed by atoms with van der Waals surface area (Å²) in [5, 5.41) is 11.1. The minimum atomic E-state index is -0.690. The summed E-state index contributed by atoms with van der Waals surface area (Å²) in [6.45, 7) is 3.68. The van der Waals surface area contributed by atoms with Gasteiger partial charge >= 0.3 is 0 Å². The third-order valence-corrected chi connectivity index (χ3v) is 5.06. The Morgan fingerprint density at radius 2 is 1.82 bits per heavy atom. The topological polar surface area (TPSA) is 66.8 Å². The lowest BCUT2D eigenvalue weighted by molar-refractivity contribution is -0.130. The molecule has 1 amide bonds. The Hall–Kier alpha value is -2.79. The molecule has 146 valence electrons. The van der Waals surface area contributed by atoms with E-state index in [2.05, 4.69) is 0 Å². The number of methoxy groups -OCH3 is 1. The number of benzene rings is 2. The number of para-hydroxylation sites is 1. The average Bonchev–Trinajstić information content (AvgIpc) is 2.93. The molecule has 2 aromatic rings. The van der Waals surface area contributed by atoms with E-state index < -0.39 is 17.7 Å². The van der Waals surface area contributed by atoms with Crippen molar-refractivity contribution in [1.82, 2.24) is 4.90 Å². The third-order valence-electron chi connectivity index (χ3n) is 4.81. The van der Waals surface area contributed by atoms with Gasteiger partial charge in [-0.2, -0.15) is 0 Å². The number of aliphatic hydroxyl groups is 1. The van der Waals surface area contributed by atoms with Crippen LogP contribution in [0.2, 0.25) is 5.02 Å². The van der Waals surface area contributed by atoms with Gasteiger partial charge in [-0.25, -0.2) is 0 Å². The first kappa shape index (κ1) is 20.0. The van der Waals surface area contributed by atoms with E-state index in [-0.39, 0.29) is 23.8 Å². The monoisotopic (exact) mass is 399 g/mol. The predicted octanol–water partition coefficient (Wildman–Crippen LogP) is 4.47. The summed E-state index contributed by atoms with van der Waals surface area (Å²) < 4.78 is 5.39. The van der Waals surface area contributed by atoms with Gasteiger partial charge in [0.05, 0.1) is 25.3 Å². The normalized spacial score (nSPS) is 16.8. The van der Waals surface area contributed by atoms with Crippen LogP contribution in [0.15, 0.2) is 59.9 Å². The summed E-state index contributed by atoms with van der Waals surface area (Å²) in [4.78, 5) is 27.2. The number of ketones is 1. The SMILES string of the molecule is COc1ccccc1CN1C(=O)C(O)=C(C(=O)C(C)C)C1c1ccc(Cl)cc1. The zero-order valence-electron chi connectivity index (χ0n) is 16.0. The van der Waals surface area contributed by atoms with Crippen molar-refractivity contribution in [2.24, 2.45) is 5.92 Å².